The van der Waals surface area contributed by atoms with E-state index in [0.717, 1.165) is 5.56 Å². The van der Waals surface area contributed by atoms with E-state index in [1.807, 2.05) is 30.3 Å². The summed E-state index contributed by atoms with van der Waals surface area (Å²) < 4.78 is 0. The van der Waals surface area contributed by atoms with Crippen LogP contribution in [0.25, 0.3) is 0 Å². The Morgan fingerprint density at radius 2 is 1.92 bits per heavy atom. The quantitative estimate of drug-likeness (QED) is 0.586. The fourth-order valence-corrected chi connectivity index (χ4v) is 0.896. The number of aryl methyl sites for hydroxylation is 1. The summed E-state index contributed by atoms with van der Waals surface area (Å²) in [6, 6.07) is 9.62. The topological polar surface area (TPSA) is 37.3 Å². The molecule has 3 heteroatoms. The summed E-state index contributed by atoms with van der Waals surface area (Å²) in [6.07, 6.45) is 0.834. The number of benzene rings is 1. The van der Waals surface area contributed by atoms with E-state index >= 15 is 0 Å². The van der Waals surface area contributed by atoms with E-state index < -0.39 is 5.97 Å². The van der Waals surface area contributed by atoms with Gasteiger partial charge in [-0.1, -0.05) is 30.3 Å². The van der Waals surface area contributed by atoms with Gasteiger partial charge in [0.2, 0.25) is 0 Å². The fourth-order valence-electron chi connectivity index (χ4n) is 0.896. The van der Waals surface area contributed by atoms with Gasteiger partial charge in [-0.25, -0.2) is 0 Å². The van der Waals surface area contributed by atoms with E-state index in [-0.39, 0.29) is 37.4 Å². The molecule has 0 fully saturated rings. The first kappa shape index (κ1) is 11.7. The maximum Gasteiger partial charge on any atom is 1.00 e. The Kier molecular flexibility index (Phi) is 6.07. The Bertz CT molecular complexity index is 239. The Balaban J connectivity index is 0. The van der Waals surface area contributed by atoms with Crippen LogP contribution in [-0.2, 0) is 11.2 Å². The Morgan fingerprint density at radius 3 is 2.42 bits per heavy atom. The molecule has 0 amide bonds. The summed E-state index contributed by atoms with van der Waals surface area (Å²) in [4.78, 5) is 10.2. The minimum absolute atomic E-state index is 0. The third-order valence-electron chi connectivity index (χ3n) is 1.47. The van der Waals surface area contributed by atoms with Crippen LogP contribution in [0.15, 0.2) is 30.3 Å². The molecule has 1 N–H and O–H groups in total. The summed E-state index contributed by atoms with van der Waals surface area (Å²) in [6.45, 7) is 0. The van der Waals surface area contributed by atoms with Crippen molar-refractivity contribution in [3.63, 3.8) is 0 Å². The number of hydrogen-bond acceptors (Lipinski definition) is 1. The van der Waals surface area contributed by atoms with E-state index in [2.05, 4.69) is 0 Å². The number of rotatable bonds is 3. The minimum Gasteiger partial charge on any atom is -1.00 e. The maximum absolute atomic E-state index is 10.2. The average molecular weight is 174 g/mol. The second kappa shape index (κ2) is 6.23. The SMILES string of the molecule is O=C(O)CCc1ccccc1.[H-].[Na+]. The van der Waals surface area contributed by atoms with Gasteiger partial charge in [0, 0.05) is 6.42 Å². The second-order valence-corrected chi connectivity index (χ2v) is 2.38. The molecule has 1 aromatic carbocycles. The van der Waals surface area contributed by atoms with E-state index in [1.54, 1.807) is 0 Å². The standard InChI is InChI=1S/C9H10O2.Na.H/c10-9(11)7-6-8-4-2-1-3-5-8;;/h1-5H,6-7H2,(H,10,11);;/q;+1;-1. The van der Waals surface area contributed by atoms with Crippen LogP contribution in [0.3, 0.4) is 0 Å². The van der Waals surface area contributed by atoms with Gasteiger partial charge in [0.15, 0.2) is 0 Å². The summed E-state index contributed by atoms with van der Waals surface area (Å²) in [5.74, 6) is -0.742. The molecule has 12 heavy (non-hydrogen) atoms. The van der Waals surface area contributed by atoms with Crippen molar-refractivity contribution in [1.82, 2.24) is 0 Å². The molecule has 0 saturated carbocycles. The predicted octanol–water partition coefficient (Wildman–Crippen LogP) is -1.18. The van der Waals surface area contributed by atoms with Gasteiger partial charge in [0.1, 0.15) is 0 Å². The molecule has 0 spiro atoms. The zero-order valence-corrected chi connectivity index (χ0v) is 9.16. The van der Waals surface area contributed by atoms with Crippen molar-refractivity contribution in [1.29, 1.82) is 0 Å². The molecule has 0 aliphatic heterocycles. The number of carbonyl (C=O) groups is 1. The summed E-state index contributed by atoms with van der Waals surface area (Å²) in [7, 11) is 0. The van der Waals surface area contributed by atoms with Crippen LogP contribution in [0.5, 0.6) is 0 Å². The fraction of sp³-hybridized carbons (Fsp3) is 0.222. The number of aliphatic carboxylic acids is 1. The van der Waals surface area contributed by atoms with E-state index in [1.165, 1.54) is 0 Å². The summed E-state index contributed by atoms with van der Waals surface area (Å²) in [5, 5.41) is 8.37. The summed E-state index contributed by atoms with van der Waals surface area (Å²) in [5.41, 5.74) is 1.08. The second-order valence-electron chi connectivity index (χ2n) is 2.38. The van der Waals surface area contributed by atoms with Crippen LogP contribution in [0.2, 0.25) is 0 Å². The van der Waals surface area contributed by atoms with Gasteiger partial charge < -0.3 is 6.53 Å². The normalized spacial score (nSPS) is 8.67. The Hall–Kier alpha value is -0.310. The molecule has 1 aromatic rings. The van der Waals surface area contributed by atoms with E-state index in [0.29, 0.717) is 6.42 Å². The van der Waals surface area contributed by atoms with Gasteiger partial charge in [0.25, 0.3) is 0 Å². The minimum atomic E-state index is -0.742. The van der Waals surface area contributed by atoms with Gasteiger partial charge in [-0.3, -0.25) is 4.79 Å². The van der Waals surface area contributed by atoms with E-state index in [4.69, 9.17) is 5.11 Å². The molecule has 0 bridgehead atoms. The molecule has 0 heterocycles. The van der Waals surface area contributed by atoms with Crippen LogP contribution in [0.4, 0.5) is 0 Å². The molecular weight excluding hydrogens is 163 g/mol. The first-order chi connectivity index (χ1) is 5.29. The van der Waals surface area contributed by atoms with Crippen LogP contribution in [0.1, 0.15) is 13.4 Å². The van der Waals surface area contributed by atoms with Crippen molar-refractivity contribution in [3.8, 4) is 0 Å². The molecule has 60 valence electrons. The number of hydrogen-bond donors (Lipinski definition) is 1. The number of carboxylic acid groups (broad SMARTS) is 1. The van der Waals surface area contributed by atoms with Gasteiger partial charge in [-0.05, 0) is 12.0 Å². The smallest absolute Gasteiger partial charge is 1.00 e. The Morgan fingerprint density at radius 1 is 1.33 bits per heavy atom. The molecule has 0 atom stereocenters. The van der Waals surface area contributed by atoms with Gasteiger partial charge in [-0.2, -0.15) is 0 Å². The van der Waals surface area contributed by atoms with Crippen LogP contribution in [-0.4, -0.2) is 11.1 Å². The third-order valence-corrected chi connectivity index (χ3v) is 1.47. The molecule has 0 aliphatic carbocycles. The number of carboxylic acids is 1. The summed E-state index contributed by atoms with van der Waals surface area (Å²) >= 11 is 0. The van der Waals surface area contributed by atoms with Crippen molar-refractivity contribution >= 4 is 5.97 Å². The van der Waals surface area contributed by atoms with Crippen LogP contribution < -0.4 is 29.6 Å². The van der Waals surface area contributed by atoms with Crippen molar-refractivity contribution in [2.75, 3.05) is 0 Å². The van der Waals surface area contributed by atoms with Gasteiger partial charge in [-0.15, -0.1) is 0 Å². The monoisotopic (exact) mass is 174 g/mol. The maximum atomic E-state index is 10.2. The van der Waals surface area contributed by atoms with Crippen LogP contribution in [0, 0.1) is 0 Å². The molecule has 0 aliphatic rings. The molecule has 2 nitrogen and oxygen atoms in total. The zero-order chi connectivity index (χ0) is 8.10. The van der Waals surface area contributed by atoms with Crippen LogP contribution >= 0.6 is 0 Å². The first-order valence-corrected chi connectivity index (χ1v) is 3.55. The van der Waals surface area contributed by atoms with Crippen molar-refractivity contribution < 1.29 is 40.9 Å². The Labute approximate surface area is 95.4 Å². The average Bonchev–Trinajstić information content (AvgIpc) is 2.03. The molecule has 0 radical (unpaired) electrons. The first-order valence-electron chi connectivity index (χ1n) is 3.55. The molecule has 1 rings (SSSR count). The largest absolute Gasteiger partial charge is 1.00 e. The van der Waals surface area contributed by atoms with Crippen molar-refractivity contribution in [2.45, 2.75) is 12.8 Å². The predicted molar refractivity (Wildman–Crippen MR) is 43.5 cm³/mol. The zero-order valence-electron chi connectivity index (χ0n) is 8.16. The van der Waals surface area contributed by atoms with E-state index in [9.17, 15) is 4.79 Å². The molecule has 0 aromatic heterocycles. The van der Waals surface area contributed by atoms with Gasteiger partial charge >= 0.3 is 35.5 Å². The molecule has 0 unspecified atom stereocenters. The van der Waals surface area contributed by atoms with Gasteiger partial charge in [0.05, 0.1) is 0 Å². The van der Waals surface area contributed by atoms with Crippen molar-refractivity contribution in [3.05, 3.63) is 35.9 Å². The molecular formula is C9H11NaO2. The molecule has 0 saturated heterocycles. The van der Waals surface area contributed by atoms with Crippen molar-refractivity contribution in [2.24, 2.45) is 0 Å². The third kappa shape index (κ3) is 4.54.